The molecule has 70 valence electrons. The molecule has 0 amide bonds. The lowest BCUT2D eigenvalue weighted by molar-refractivity contribution is 1.64. The molecule has 0 bridgehead atoms. The van der Waals surface area contributed by atoms with Crippen LogP contribution in [0.4, 0.5) is 0 Å². The Hall–Kier alpha value is -1.76. The predicted molar refractivity (Wildman–Crippen MR) is 66.5 cm³/mol. The highest BCUT2D eigenvalue weighted by molar-refractivity contribution is 6.45. The van der Waals surface area contributed by atoms with Crippen molar-refractivity contribution in [1.29, 1.82) is 0 Å². The van der Waals surface area contributed by atoms with Crippen molar-refractivity contribution >= 4 is 19.4 Å². The monoisotopic (exact) mass is 190 g/mol. The van der Waals surface area contributed by atoms with Crippen LogP contribution in [0, 0.1) is 0 Å². The normalized spacial score (nSPS) is 11.3. The van der Waals surface area contributed by atoms with Crippen LogP contribution in [0.1, 0.15) is 11.1 Å². The molecule has 0 aliphatic carbocycles. The van der Waals surface area contributed by atoms with Gasteiger partial charge >= 0.3 is 0 Å². The first-order valence-corrected chi connectivity index (χ1v) is 4.94. The van der Waals surface area contributed by atoms with Crippen LogP contribution in [-0.4, -0.2) is 7.85 Å². The highest BCUT2D eigenvalue weighted by Crippen LogP contribution is 2.14. The average Bonchev–Trinajstić information content (AvgIpc) is 2.31. The van der Waals surface area contributed by atoms with E-state index in [4.69, 9.17) is 7.85 Å². The summed E-state index contributed by atoms with van der Waals surface area (Å²) in [5.41, 5.74) is 2.97. The van der Waals surface area contributed by atoms with Crippen LogP contribution in [0.15, 0.2) is 60.7 Å². The maximum atomic E-state index is 5.99. The standard InChI is InChI=1S/C14H11B/c15-14(13-9-5-2-6-10-13)11-12-7-3-1-4-8-12/h1-11H/b14-11+. The average molecular weight is 190 g/mol. The smallest absolute Gasteiger partial charge is 0.0890 e. The molecule has 0 saturated heterocycles. The van der Waals surface area contributed by atoms with Gasteiger partial charge in [0.2, 0.25) is 0 Å². The molecule has 0 aliphatic rings. The molecule has 2 aromatic rings. The fourth-order valence-corrected chi connectivity index (χ4v) is 1.44. The Morgan fingerprint density at radius 1 is 0.800 bits per heavy atom. The largest absolute Gasteiger partial charge is 0.114 e. The minimum Gasteiger partial charge on any atom is -0.0890 e. The first kappa shape index (κ1) is 9.79. The summed E-state index contributed by atoms with van der Waals surface area (Å²) < 4.78 is 0. The fraction of sp³-hybridized carbons (Fsp3) is 0. The van der Waals surface area contributed by atoms with Gasteiger partial charge in [-0.3, -0.25) is 0 Å². The second kappa shape index (κ2) is 4.65. The van der Waals surface area contributed by atoms with Crippen LogP contribution in [0.2, 0.25) is 0 Å². The van der Waals surface area contributed by atoms with Crippen molar-refractivity contribution in [2.45, 2.75) is 0 Å². The fourth-order valence-electron chi connectivity index (χ4n) is 1.44. The highest BCUT2D eigenvalue weighted by atomic mass is 13.9. The van der Waals surface area contributed by atoms with E-state index in [1.54, 1.807) is 0 Å². The lowest BCUT2D eigenvalue weighted by Crippen LogP contribution is -1.82. The van der Waals surface area contributed by atoms with Gasteiger partial charge in [0.1, 0.15) is 7.85 Å². The maximum Gasteiger partial charge on any atom is 0.114 e. The van der Waals surface area contributed by atoms with Crippen molar-refractivity contribution in [3.63, 3.8) is 0 Å². The third kappa shape index (κ3) is 2.60. The van der Waals surface area contributed by atoms with E-state index in [-0.39, 0.29) is 0 Å². The van der Waals surface area contributed by atoms with Crippen molar-refractivity contribution in [1.82, 2.24) is 0 Å². The van der Waals surface area contributed by atoms with Crippen molar-refractivity contribution in [2.24, 2.45) is 0 Å². The topological polar surface area (TPSA) is 0 Å². The molecule has 0 aliphatic heterocycles. The third-order valence-corrected chi connectivity index (χ3v) is 2.23. The molecule has 2 radical (unpaired) electrons. The second-order valence-electron chi connectivity index (χ2n) is 3.38. The number of hydrogen-bond donors (Lipinski definition) is 0. The number of benzene rings is 2. The van der Waals surface area contributed by atoms with Crippen LogP contribution in [0.25, 0.3) is 11.5 Å². The first-order valence-electron chi connectivity index (χ1n) is 4.94. The molecule has 0 heterocycles. The summed E-state index contributed by atoms with van der Waals surface area (Å²) >= 11 is 0. The van der Waals surface area contributed by atoms with E-state index in [1.807, 2.05) is 66.7 Å². The molecule has 0 atom stereocenters. The minimum atomic E-state index is 0.793. The molecule has 0 aromatic heterocycles. The molecular weight excluding hydrogens is 179 g/mol. The molecule has 0 fully saturated rings. The van der Waals surface area contributed by atoms with Crippen molar-refractivity contribution in [3.8, 4) is 0 Å². The van der Waals surface area contributed by atoms with E-state index in [2.05, 4.69) is 0 Å². The van der Waals surface area contributed by atoms with E-state index in [1.165, 1.54) is 0 Å². The summed E-state index contributed by atoms with van der Waals surface area (Å²) in [6.07, 6.45) is 1.98. The molecule has 1 heteroatoms. The van der Waals surface area contributed by atoms with Crippen LogP contribution < -0.4 is 0 Å². The molecule has 15 heavy (non-hydrogen) atoms. The van der Waals surface area contributed by atoms with Gasteiger partial charge in [0.05, 0.1) is 0 Å². The molecular formula is C14H11B. The Balaban J connectivity index is 2.29. The summed E-state index contributed by atoms with van der Waals surface area (Å²) in [5.74, 6) is 0. The Bertz CT molecular complexity index is 443. The van der Waals surface area contributed by atoms with E-state index >= 15 is 0 Å². The minimum absolute atomic E-state index is 0.793. The lowest BCUT2D eigenvalue weighted by Gasteiger charge is -2.01. The zero-order valence-corrected chi connectivity index (χ0v) is 8.43. The summed E-state index contributed by atoms with van der Waals surface area (Å²) in [4.78, 5) is 0. The van der Waals surface area contributed by atoms with Gasteiger partial charge in [-0.25, -0.2) is 0 Å². The first-order chi connectivity index (χ1) is 7.36. The van der Waals surface area contributed by atoms with Crippen LogP contribution in [0.5, 0.6) is 0 Å². The SMILES string of the molecule is [B]/C(=C/c1ccccc1)c1ccccc1. The Labute approximate surface area is 91.7 Å². The molecule has 0 unspecified atom stereocenters. The zero-order chi connectivity index (χ0) is 10.5. The van der Waals surface area contributed by atoms with E-state index < -0.39 is 0 Å². The van der Waals surface area contributed by atoms with Crippen LogP contribution in [0.3, 0.4) is 0 Å². The summed E-state index contributed by atoms with van der Waals surface area (Å²) in [6, 6.07) is 20.1. The van der Waals surface area contributed by atoms with Gasteiger partial charge in [-0.1, -0.05) is 72.2 Å². The second-order valence-corrected chi connectivity index (χ2v) is 3.38. The molecule has 2 aromatic carbocycles. The van der Waals surface area contributed by atoms with Crippen molar-refractivity contribution < 1.29 is 0 Å². The molecule has 0 saturated carbocycles. The maximum absolute atomic E-state index is 5.99. The molecule has 0 N–H and O–H groups in total. The van der Waals surface area contributed by atoms with Gasteiger partial charge in [-0.15, -0.1) is 0 Å². The zero-order valence-electron chi connectivity index (χ0n) is 8.43. The summed E-state index contributed by atoms with van der Waals surface area (Å²) in [7, 11) is 5.99. The third-order valence-electron chi connectivity index (χ3n) is 2.23. The molecule has 0 spiro atoms. The number of hydrogen-bond acceptors (Lipinski definition) is 0. The Morgan fingerprint density at radius 2 is 1.33 bits per heavy atom. The van der Waals surface area contributed by atoms with Gasteiger partial charge in [-0.05, 0) is 11.1 Å². The highest BCUT2D eigenvalue weighted by Gasteiger charge is 1.93. The van der Waals surface area contributed by atoms with Gasteiger partial charge in [0, 0.05) is 0 Å². The van der Waals surface area contributed by atoms with Gasteiger partial charge in [0.25, 0.3) is 0 Å². The Morgan fingerprint density at radius 3 is 1.93 bits per heavy atom. The van der Waals surface area contributed by atoms with E-state index in [0.717, 1.165) is 16.6 Å². The van der Waals surface area contributed by atoms with E-state index in [0.29, 0.717) is 0 Å². The predicted octanol–water partition coefficient (Wildman–Crippen LogP) is 3.35. The molecule has 2 rings (SSSR count). The number of rotatable bonds is 2. The summed E-state index contributed by atoms with van der Waals surface area (Å²) in [6.45, 7) is 0. The lowest BCUT2D eigenvalue weighted by atomic mass is 9.87. The van der Waals surface area contributed by atoms with Crippen LogP contribution >= 0.6 is 0 Å². The quantitative estimate of drug-likeness (QED) is 0.503. The van der Waals surface area contributed by atoms with Gasteiger partial charge < -0.3 is 0 Å². The summed E-state index contributed by atoms with van der Waals surface area (Å²) in [5, 5.41) is 0. The molecule has 0 nitrogen and oxygen atoms in total. The van der Waals surface area contributed by atoms with Gasteiger partial charge in [0.15, 0.2) is 0 Å². The van der Waals surface area contributed by atoms with Gasteiger partial charge in [-0.2, -0.15) is 0 Å². The van der Waals surface area contributed by atoms with E-state index in [9.17, 15) is 0 Å². The van der Waals surface area contributed by atoms with Crippen molar-refractivity contribution in [3.05, 3.63) is 71.8 Å². The van der Waals surface area contributed by atoms with Crippen molar-refractivity contribution in [2.75, 3.05) is 0 Å². The van der Waals surface area contributed by atoms with Crippen LogP contribution in [-0.2, 0) is 0 Å². The Kier molecular flexibility index (Phi) is 3.03.